The van der Waals surface area contributed by atoms with Gasteiger partial charge in [-0.15, -0.1) is 11.3 Å². The van der Waals surface area contributed by atoms with E-state index >= 15 is 0 Å². The Kier molecular flexibility index (Phi) is 6.28. The van der Waals surface area contributed by atoms with Gasteiger partial charge in [0.2, 0.25) is 6.10 Å². The van der Waals surface area contributed by atoms with Crippen molar-refractivity contribution in [2.24, 2.45) is 0 Å². The maximum atomic E-state index is 13.1. The molecule has 0 bridgehead atoms. The number of thiazole rings is 1. The first-order valence-corrected chi connectivity index (χ1v) is 10.7. The largest absolute Gasteiger partial charge is 0.492 e. The third-order valence-corrected chi connectivity index (χ3v) is 5.27. The van der Waals surface area contributed by atoms with E-state index in [4.69, 9.17) is 9.47 Å². The summed E-state index contributed by atoms with van der Waals surface area (Å²) in [5.41, 5.74) is 1.68. The fourth-order valence-corrected chi connectivity index (χ4v) is 3.85. The van der Waals surface area contributed by atoms with Crippen LogP contribution < -0.4 is 10.1 Å². The molecule has 2 heterocycles. The summed E-state index contributed by atoms with van der Waals surface area (Å²) in [7, 11) is 0. The molecule has 1 amide bonds. The van der Waals surface area contributed by atoms with Crippen LogP contribution in [-0.4, -0.2) is 27.9 Å². The van der Waals surface area contributed by atoms with E-state index in [-0.39, 0.29) is 6.42 Å². The number of nitrogens with zero attached hydrogens (tertiary/aromatic N) is 2. The lowest BCUT2D eigenvalue weighted by Gasteiger charge is -2.19. The number of imidazole rings is 1. The Bertz CT molecular complexity index is 1160. The van der Waals surface area contributed by atoms with Gasteiger partial charge in [0.25, 0.3) is 5.91 Å². The number of para-hydroxylation sites is 2. The van der Waals surface area contributed by atoms with Crippen LogP contribution in [0.5, 0.6) is 5.75 Å². The molecule has 7 nitrogen and oxygen atoms in total. The van der Waals surface area contributed by atoms with E-state index in [0.717, 1.165) is 4.96 Å². The quantitative estimate of drug-likeness (QED) is 0.418. The molecule has 158 valence electrons. The van der Waals surface area contributed by atoms with Crippen molar-refractivity contribution in [2.75, 3.05) is 11.9 Å². The Balaban J connectivity index is 1.52. The highest BCUT2D eigenvalue weighted by Crippen LogP contribution is 2.27. The molecular formula is C23H21N3O4S. The molecule has 1 atom stereocenters. The molecule has 0 aliphatic heterocycles. The van der Waals surface area contributed by atoms with Crippen molar-refractivity contribution in [3.8, 4) is 5.75 Å². The minimum atomic E-state index is -1.10. The molecule has 4 aromatic rings. The summed E-state index contributed by atoms with van der Waals surface area (Å²) in [4.78, 5) is 30.9. The Morgan fingerprint density at radius 1 is 1.13 bits per heavy atom. The van der Waals surface area contributed by atoms with E-state index in [2.05, 4.69) is 10.3 Å². The second-order valence-corrected chi connectivity index (χ2v) is 7.57. The van der Waals surface area contributed by atoms with Gasteiger partial charge in [0.1, 0.15) is 5.75 Å². The molecule has 0 saturated heterocycles. The monoisotopic (exact) mass is 435 g/mol. The number of fused-ring (bicyclic) bond motifs is 1. The number of esters is 1. The van der Waals surface area contributed by atoms with E-state index in [0.29, 0.717) is 29.3 Å². The Morgan fingerprint density at radius 2 is 1.90 bits per heavy atom. The second-order valence-electron chi connectivity index (χ2n) is 6.70. The van der Waals surface area contributed by atoms with Crippen LogP contribution in [0.25, 0.3) is 4.96 Å². The number of nitrogens with one attached hydrogen (secondary N) is 1. The molecular weight excluding hydrogens is 414 g/mol. The van der Waals surface area contributed by atoms with E-state index in [1.54, 1.807) is 48.7 Å². The molecule has 1 N–H and O–H groups in total. The van der Waals surface area contributed by atoms with E-state index in [1.807, 2.05) is 35.0 Å². The highest BCUT2D eigenvalue weighted by atomic mass is 32.1. The maximum absolute atomic E-state index is 13.1. The lowest BCUT2D eigenvalue weighted by molar-refractivity contribution is -0.154. The van der Waals surface area contributed by atoms with Crippen molar-refractivity contribution in [1.29, 1.82) is 0 Å². The molecule has 0 fully saturated rings. The van der Waals surface area contributed by atoms with Gasteiger partial charge in [0.05, 0.1) is 24.4 Å². The third kappa shape index (κ3) is 4.92. The standard InChI is InChI=1S/C23H21N3O4S/c1-2-29-19-11-7-6-10-18(19)25-22(28)21(16-8-4-3-5-9-16)30-20(27)14-17-15-26-12-13-31-23(26)24-17/h3-13,15,21H,2,14H2,1H3,(H,25,28)/t21-/m0/s1. The number of aromatic nitrogens is 2. The van der Waals surface area contributed by atoms with Crippen molar-refractivity contribution in [3.05, 3.63) is 83.6 Å². The van der Waals surface area contributed by atoms with Crippen molar-refractivity contribution < 1.29 is 19.1 Å². The molecule has 0 spiro atoms. The molecule has 0 aliphatic carbocycles. The van der Waals surface area contributed by atoms with Gasteiger partial charge in [-0.2, -0.15) is 0 Å². The summed E-state index contributed by atoms with van der Waals surface area (Å²) in [5.74, 6) is -0.444. The first-order valence-electron chi connectivity index (χ1n) is 9.82. The number of carbonyl (C=O) groups is 2. The smallest absolute Gasteiger partial charge is 0.313 e. The number of carbonyl (C=O) groups excluding carboxylic acids is 2. The Morgan fingerprint density at radius 3 is 2.68 bits per heavy atom. The highest BCUT2D eigenvalue weighted by molar-refractivity contribution is 7.15. The molecule has 2 aromatic carbocycles. The first-order chi connectivity index (χ1) is 15.1. The average Bonchev–Trinajstić information content (AvgIpc) is 3.36. The van der Waals surface area contributed by atoms with Crippen molar-refractivity contribution in [2.45, 2.75) is 19.4 Å². The van der Waals surface area contributed by atoms with E-state index < -0.39 is 18.0 Å². The summed E-state index contributed by atoms with van der Waals surface area (Å²) in [6.07, 6.45) is 2.52. The van der Waals surface area contributed by atoms with Crippen LogP contribution in [0.1, 0.15) is 24.3 Å². The predicted molar refractivity (Wildman–Crippen MR) is 118 cm³/mol. The van der Waals surface area contributed by atoms with Crippen LogP contribution >= 0.6 is 11.3 Å². The zero-order valence-electron chi connectivity index (χ0n) is 16.9. The van der Waals surface area contributed by atoms with E-state index in [9.17, 15) is 9.59 Å². The van der Waals surface area contributed by atoms with Gasteiger partial charge in [-0.3, -0.25) is 14.0 Å². The number of anilines is 1. The van der Waals surface area contributed by atoms with Crippen LogP contribution in [0.2, 0.25) is 0 Å². The number of benzene rings is 2. The van der Waals surface area contributed by atoms with Gasteiger partial charge >= 0.3 is 5.97 Å². The number of hydrogen-bond acceptors (Lipinski definition) is 6. The van der Waals surface area contributed by atoms with Crippen LogP contribution in [0.3, 0.4) is 0 Å². The van der Waals surface area contributed by atoms with Crippen LogP contribution in [0.15, 0.2) is 72.4 Å². The lowest BCUT2D eigenvalue weighted by Crippen LogP contribution is -2.26. The van der Waals surface area contributed by atoms with Gasteiger partial charge in [0, 0.05) is 23.3 Å². The van der Waals surface area contributed by atoms with Crippen molar-refractivity contribution >= 4 is 33.9 Å². The van der Waals surface area contributed by atoms with Crippen LogP contribution in [0, 0.1) is 0 Å². The fourth-order valence-electron chi connectivity index (χ4n) is 3.13. The summed E-state index contributed by atoms with van der Waals surface area (Å²) >= 11 is 1.48. The van der Waals surface area contributed by atoms with Crippen molar-refractivity contribution in [1.82, 2.24) is 9.38 Å². The molecule has 8 heteroatoms. The fraction of sp³-hybridized carbons (Fsp3) is 0.174. The Hall–Kier alpha value is -3.65. The van der Waals surface area contributed by atoms with Gasteiger partial charge in [-0.25, -0.2) is 4.98 Å². The average molecular weight is 436 g/mol. The number of rotatable bonds is 8. The summed E-state index contributed by atoms with van der Waals surface area (Å²) < 4.78 is 13.0. The normalized spacial score (nSPS) is 11.8. The maximum Gasteiger partial charge on any atom is 0.313 e. The van der Waals surface area contributed by atoms with Gasteiger partial charge < -0.3 is 14.8 Å². The molecule has 0 unspecified atom stereocenters. The molecule has 2 aromatic heterocycles. The second kappa shape index (κ2) is 9.44. The zero-order chi connectivity index (χ0) is 21.6. The third-order valence-electron chi connectivity index (χ3n) is 4.50. The topological polar surface area (TPSA) is 81.9 Å². The SMILES string of the molecule is CCOc1ccccc1NC(=O)[C@@H](OC(=O)Cc1cn2ccsc2n1)c1ccccc1. The number of ether oxygens (including phenoxy) is 2. The molecule has 0 radical (unpaired) electrons. The molecule has 31 heavy (non-hydrogen) atoms. The number of hydrogen-bond donors (Lipinski definition) is 1. The van der Waals surface area contributed by atoms with Gasteiger partial charge in [-0.1, -0.05) is 42.5 Å². The lowest BCUT2D eigenvalue weighted by atomic mass is 10.1. The van der Waals surface area contributed by atoms with Crippen LogP contribution in [0.4, 0.5) is 5.69 Å². The van der Waals surface area contributed by atoms with E-state index in [1.165, 1.54) is 11.3 Å². The van der Waals surface area contributed by atoms with Gasteiger partial charge in [0.15, 0.2) is 4.96 Å². The first kappa shape index (κ1) is 20.6. The minimum absolute atomic E-state index is 0.0272. The van der Waals surface area contributed by atoms with Crippen molar-refractivity contribution in [3.63, 3.8) is 0 Å². The Labute approximate surface area is 183 Å². The van der Waals surface area contributed by atoms with Crippen LogP contribution in [-0.2, 0) is 20.7 Å². The highest BCUT2D eigenvalue weighted by Gasteiger charge is 2.26. The summed E-state index contributed by atoms with van der Waals surface area (Å²) in [5, 5.41) is 4.74. The molecule has 0 saturated carbocycles. The predicted octanol–water partition coefficient (Wildman–Crippen LogP) is 4.26. The minimum Gasteiger partial charge on any atom is -0.492 e. The number of amides is 1. The van der Waals surface area contributed by atoms with Gasteiger partial charge in [-0.05, 0) is 19.1 Å². The summed E-state index contributed by atoms with van der Waals surface area (Å²) in [6, 6.07) is 16.1. The summed E-state index contributed by atoms with van der Waals surface area (Å²) in [6.45, 7) is 2.33. The zero-order valence-corrected chi connectivity index (χ0v) is 17.7. The molecule has 0 aliphatic rings. The molecule has 4 rings (SSSR count).